The molecule has 1 heterocycles. The quantitative estimate of drug-likeness (QED) is 0.867. The Balaban J connectivity index is 1.97. The zero-order valence-corrected chi connectivity index (χ0v) is 12.1. The fraction of sp³-hybridized carbons (Fsp3) is 0.562. The largest absolute Gasteiger partial charge is 0.331 e. The molecule has 19 heavy (non-hydrogen) atoms. The van der Waals surface area contributed by atoms with Crippen molar-refractivity contribution >= 4 is 6.03 Å². The van der Waals surface area contributed by atoms with Crippen LogP contribution in [0, 0.1) is 12.8 Å². The van der Waals surface area contributed by atoms with Gasteiger partial charge in [-0.05, 0) is 43.7 Å². The van der Waals surface area contributed by atoms with Crippen LogP contribution < -0.4 is 5.32 Å². The maximum atomic E-state index is 12.3. The summed E-state index contributed by atoms with van der Waals surface area (Å²) in [6, 6.07) is 8.35. The molecule has 2 amide bonds. The third-order valence-electron chi connectivity index (χ3n) is 3.94. The van der Waals surface area contributed by atoms with Gasteiger partial charge in [0, 0.05) is 13.1 Å². The van der Waals surface area contributed by atoms with E-state index in [2.05, 4.69) is 31.3 Å². The maximum absolute atomic E-state index is 12.3. The molecule has 1 aromatic rings. The Labute approximate surface area is 116 Å². The van der Waals surface area contributed by atoms with E-state index in [4.69, 9.17) is 0 Å². The van der Waals surface area contributed by atoms with Gasteiger partial charge in [-0.1, -0.05) is 31.2 Å². The molecule has 0 spiro atoms. The number of urea groups is 1. The first-order valence-electron chi connectivity index (χ1n) is 7.19. The zero-order valence-electron chi connectivity index (χ0n) is 12.1. The molecule has 0 saturated carbocycles. The Bertz CT molecular complexity index is 444. The minimum atomic E-state index is 0.0610. The summed E-state index contributed by atoms with van der Waals surface area (Å²) >= 11 is 0. The highest BCUT2D eigenvalue weighted by atomic mass is 16.2. The van der Waals surface area contributed by atoms with Crippen LogP contribution in [0.1, 0.15) is 43.9 Å². The molecule has 1 N–H and O–H groups in total. The van der Waals surface area contributed by atoms with Crippen molar-refractivity contribution in [3.8, 4) is 0 Å². The molecule has 1 fully saturated rings. The number of amides is 2. The number of nitrogens with zero attached hydrogens (tertiary/aromatic N) is 1. The molecule has 1 aromatic carbocycles. The Kier molecular flexibility index (Phi) is 4.46. The Morgan fingerprint density at radius 3 is 2.84 bits per heavy atom. The molecular formula is C16H24N2O. The van der Waals surface area contributed by atoms with E-state index >= 15 is 0 Å². The summed E-state index contributed by atoms with van der Waals surface area (Å²) in [6.07, 6.45) is 2.35. The second kappa shape index (κ2) is 6.09. The number of rotatable bonds is 2. The fourth-order valence-electron chi connectivity index (χ4n) is 2.80. The molecule has 104 valence electrons. The Morgan fingerprint density at radius 2 is 2.16 bits per heavy atom. The number of hydrogen-bond acceptors (Lipinski definition) is 1. The van der Waals surface area contributed by atoms with Crippen LogP contribution in [-0.2, 0) is 0 Å². The predicted molar refractivity (Wildman–Crippen MR) is 78.1 cm³/mol. The van der Waals surface area contributed by atoms with Gasteiger partial charge >= 0.3 is 6.03 Å². The molecular weight excluding hydrogens is 236 g/mol. The van der Waals surface area contributed by atoms with Crippen LogP contribution in [0.5, 0.6) is 0 Å². The molecule has 0 bridgehead atoms. The number of carbonyl (C=O) groups excluding carboxylic acids is 1. The molecule has 0 aromatic heterocycles. The second-order valence-electron chi connectivity index (χ2n) is 5.72. The van der Waals surface area contributed by atoms with Crippen molar-refractivity contribution in [3.63, 3.8) is 0 Å². The number of likely N-dealkylation sites (tertiary alicyclic amines) is 1. The average Bonchev–Trinajstić information content (AvgIpc) is 2.39. The van der Waals surface area contributed by atoms with Crippen LogP contribution in [0.25, 0.3) is 0 Å². The van der Waals surface area contributed by atoms with Crippen molar-refractivity contribution in [3.05, 3.63) is 35.4 Å². The maximum Gasteiger partial charge on any atom is 0.317 e. The molecule has 3 heteroatoms. The molecule has 2 rings (SSSR count). The average molecular weight is 260 g/mol. The van der Waals surface area contributed by atoms with E-state index in [0.29, 0.717) is 5.92 Å². The first kappa shape index (κ1) is 13.9. The van der Waals surface area contributed by atoms with Gasteiger partial charge in [-0.2, -0.15) is 0 Å². The lowest BCUT2D eigenvalue weighted by molar-refractivity contribution is 0.167. The number of piperidine rings is 1. The van der Waals surface area contributed by atoms with Gasteiger partial charge in [-0.3, -0.25) is 0 Å². The van der Waals surface area contributed by atoms with Crippen molar-refractivity contribution in [2.24, 2.45) is 5.92 Å². The fourth-order valence-corrected chi connectivity index (χ4v) is 2.80. The summed E-state index contributed by atoms with van der Waals surface area (Å²) in [5, 5.41) is 3.11. The molecule has 0 aliphatic carbocycles. The number of carbonyl (C=O) groups is 1. The summed E-state index contributed by atoms with van der Waals surface area (Å²) in [5.74, 6) is 0.619. The van der Waals surface area contributed by atoms with Crippen molar-refractivity contribution in [2.45, 2.75) is 39.7 Å². The highest BCUT2D eigenvalue weighted by Crippen LogP contribution is 2.19. The Morgan fingerprint density at radius 1 is 1.42 bits per heavy atom. The van der Waals surface area contributed by atoms with Crippen LogP contribution >= 0.6 is 0 Å². The van der Waals surface area contributed by atoms with E-state index in [-0.39, 0.29) is 12.1 Å². The standard InChI is InChI=1S/C16H24N2O/c1-12-7-6-10-18(11-12)16(19)17-14(3)15-9-5-4-8-13(15)2/h4-5,8-9,12,14H,6-7,10-11H2,1-3H3,(H,17,19). The lowest BCUT2D eigenvalue weighted by atomic mass is 10.0. The van der Waals surface area contributed by atoms with Crippen LogP contribution in [0.15, 0.2) is 24.3 Å². The number of aryl methyl sites for hydroxylation is 1. The zero-order chi connectivity index (χ0) is 13.8. The summed E-state index contributed by atoms with van der Waals surface area (Å²) in [6.45, 7) is 8.11. The van der Waals surface area contributed by atoms with Crippen molar-refractivity contribution in [1.29, 1.82) is 0 Å². The molecule has 2 unspecified atom stereocenters. The lowest BCUT2D eigenvalue weighted by Crippen LogP contribution is -2.45. The number of hydrogen-bond donors (Lipinski definition) is 1. The van der Waals surface area contributed by atoms with Crippen molar-refractivity contribution < 1.29 is 4.79 Å². The third kappa shape index (κ3) is 3.49. The number of nitrogens with one attached hydrogen (secondary N) is 1. The van der Waals surface area contributed by atoms with E-state index < -0.39 is 0 Å². The van der Waals surface area contributed by atoms with E-state index in [9.17, 15) is 4.79 Å². The van der Waals surface area contributed by atoms with Crippen LogP contribution in [-0.4, -0.2) is 24.0 Å². The summed E-state index contributed by atoms with van der Waals surface area (Å²) < 4.78 is 0. The van der Waals surface area contributed by atoms with E-state index in [0.717, 1.165) is 19.5 Å². The van der Waals surface area contributed by atoms with Crippen LogP contribution in [0.2, 0.25) is 0 Å². The first-order chi connectivity index (χ1) is 9.08. The Hall–Kier alpha value is -1.51. The monoisotopic (exact) mass is 260 g/mol. The molecule has 0 radical (unpaired) electrons. The first-order valence-corrected chi connectivity index (χ1v) is 7.19. The van der Waals surface area contributed by atoms with Crippen molar-refractivity contribution in [1.82, 2.24) is 10.2 Å². The normalized spacial score (nSPS) is 21.0. The van der Waals surface area contributed by atoms with Gasteiger partial charge < -0.3 is 10.2 Å². The van der Waals surface area contributed by atoms with Crippen LogP contribution in [0.4, 0.5) is 4.79 Å². The molecule has 1 saturated heterocycles. The summed E-state index contributed by atoms with van der Waals surface area (Å²) in [7, 11) is 0. The highest BCUT2D eigenvalue weighted by molar-refractivity contribution is 5.74. The smallest absolute Gasteiger partial charge is 0.317 e. The van der Waals surface area contributed by atoms with E-state index in [1.807, 2.05) is 24.0 Å². The van der Waals surface area contributed by atoms with E-state index in [1.54, 1.807) is 0 Å². The third-order valence-corrected chi connectivity index (χ3v) is 3.94. The van der Waals surface area contributed by atoms with Gasteiger partial charge in [0.1, 0.15) is 0 Å². The van der Waals surface area contributed by atoms with Crippen molar-refractivity contribution in [2.75, 3.05) is 13.1 Å². The van der Waals surface area contributed by atoms with E-state index in [1.165, 1.54) is 17.5 Å². The lowest BCUT2D eigenvalue weighted by Gasteiger charge is -2.32. The van der Waals surface area contributed by atoms with Crippen LogP contribution in [0.3, 0.4) is 0 Å². The van der Waals surface area contributed by atoms with Gasteiger partial charge in [-0.25, -0.2) is 4.79 Å². The summed E-state index contributed by atoms with van der Waals surface area (Å²) in [5.41, 5.74) is 2.42. The van der Waals surface area contributed by atoms with Gasteiger partial charge in [0.15, 0.2) is 0 Å². The molecule has 3 nitrogen and oxygen atoms in total. The predicted octanol–water partition coefficient (Wildman–Crippen LogP) is 3.50. The molecule has 1 aliphatic rings. The minimum Gasteiger partial charge on any atom is -0.331 e. The topological polar surface area (TPSA) is 32.3 Å². The van der Waals surface area contributed by atoms with Gasteiger partial charge in [-0.15, -0.1) is 0 Å². The van der Waals surface area contributed by atoms with Gasteiger partial charge in [0.05, 0.1) is 6.04 Å². The second-order valence-corrected chi connectivity index (χ2v) is 5.72. The molecule has 1 aliphatic heterocycles. The molecule has 2 atom stereocenters. The summed E-state index contributed by atoms with van der Waals surface area (Å²) in [4.78, 5) is 14.2. The van der Waals surface area contributed by atoms with Gasteiger partial charge in [0.25, 0.3) is 0 Å². The minimum absolute atomic E-state index is 0.0610. The van der Waals surface area contributed by atoms with Gasteiger partial charge in [0.2, 0.25) is 0 Å². The SMILES string of the molecule is Cc1ccccc1C(C)NC(=O)N1CCCC(C)C1. The highest BCUT2D eigenvalue weighted by Gasteiger charge is 2.22. The number of benzene rings is 1.